The summed E-state index contributed by atoms with van der Waals surface area (Å²) in [5.74, 6) is -2.29. The molecule has 2 aromatic carbocycles. The SMILES string of the molecule is COc1ccc(C(Cl)Cc2cccc(F)c2F)cc1F. The van der Waals surface area contributed by atoms with E-state index in [1.165, 1.54) is 31.4 Å². The molecule has 0 aliphatic rings. The van der Waals surface area contributed by atoms with E-state index < -0.39 is 22.8 Å². The summed E-state index contributed by atoms with van der Waals surface area (Å²) < 4.78 is 45.0. The molecule has 2 rings (SSSR count). The van der Waals surface area contributed by atoms with E-state index >= 15 is 0 Å². The average molecular weight is 301 g/mol. The van der Waals surface area contributed by atoms with Crippen molar-refractivity contribution in [2.45, 2.75) is 11.8 Å². The van der Waals surface area contributed by atoms with E-state index in [0.29, 0.717) is 5.56 Å². The largest absolute Gasteiger partial charge is 0.494 e. The average Bonchev–Trinajstić information content (AvgIpc) is 2.43. The number of benzene rings is 2. The van der Waals surface area contributed by atoms with Crippen LogP contribution in [0.4, 0.5) is 13.2 Å². The van der Waals surface area contributed by atoms with Crippen molar-refractivity contribution in [3.63, 3.8) is 0 Å². The fourth-order valence-electron chi connectivity index (χ4n) is 1.89. The molecule has 1 unspecified atom stereocenters. The van der Waals surface area contributed by atoms with Crippen molar-refractivity contribution in [1.82, 2.24) is 0 Å². The van der Waals surface area contributed by atoms with Crippen LogP contribution in [0.5, 0.6) is 5.75 Å². The predicted octanol–water partition coefficient (Wildman–Crippen LogP) is 4.64. The van der Waals surface area contributed by atoms with Gasteiger partial charge in [-0.25, -0.2) is 13.2 Å². The topological polar surface area (TPSA) is 9.23 Å². The monoisotopic (exact) mass is 300 g/mol. The predicted molar refractivity (Wildman–Crippen MR) is 71.6 cm³/mol. The Kier molecular flexibility index (Phi) is 4.55. The molecule has 0 bridgehead atoms. The van der Waals surface area contributed by atoms with Gasteiger partial charge in [0.2, 0.25) is 0 Å². The first-order valence-corrected chi connectivity index (χ1v) is 6.37. The molecule has 0 saturated carbocycles. The van der Waals surface area contributed by atoms with Gasteiger partial charge in [-0.2, -0.15) is 0 Å². The van der Waals surface area contributed by atoms with Gasteiger partial charge in [0.25, 0.3) is 0 Å². The molecule has 0 aliphatic carbocycles. The van der Waals surface area contributed by atoms with E-state index in [9.17, 15) is 13.2 Å². The van der Waals surface area contributed by atoms with Gasteiger partial charge in [0.1, 0.15) is 0 Å². The standard InChI is InChI=1S/C15H12ClF3O/c1-20-14-6-5-9(8-13(14)18)11(16)7-10-3-2-4-12(17)15(10)19/h2-6,8,11H,7H2,1H3. The Balaban J connectivity index is 2.21. The fraction of sp³-hybridized carbons (Fsp3) is 0.200. The van der Waals surface area contributed by atoms with Gasteiger partial charge in [0.05, 0.1) is 12.5 Å². The molecule has 20 heavy (non-hydrogen) atoms. The first kappa shape index (κ1) is 14.7. The van der Waals surface area contributed by atoms with E-state index in [0.717, 1.165) is 6.07 Å². The van der Waals surface area contributed by atoms with Gasteiger partial charge in [-0.3, -0.25) is 0 Å². The Morgan fingerprint density at radius 3 is 2.50 bits per heavy atom. The van der Waals surface area contributed by atoms with Crippen LogP contribution in [0.2, 0.25) is 0 Å². The normalized spacial score (nSPS) is 12.2. The van der Waals surface area contributed by atoms with Crippen LogP contribution in [0, 0.1) is 17.5 Å². The number of methoxy groups -OCH3 is 1. The second-order valence-corrected chi connectivity index (χ2v) is 4.81. The molecule has 0 saturated heterocycles. The maximum absolute atomic E-state index is 13.6. The molecule has 0 aliphatic heterocycles. The van der Waals surface area contributed by atoms with Crippen molar-refractivity contribution in [2.24, 2.45) is 0 Å². The minimum absolute atomic E-state index is 0.0664. The number of halogens is 4. The van der Waals surface area contributed by atoms with Gasteiger partial charge in [-0.05, 0) is 35.7 Å². The molecule has 2 aromatic rings. The number of hydrogen-bond acceptors (Lipinski definition) is 1. The molecule has 5 heteroatoms. The van der Waals surface area contributed by atoms with Crippen molar-refractivity contribution >= 4 is 11.6 Å². The van der Waals surface area contributed by atoms with Crippen LogP contribution in [-0.4, -0.2) is 7.11 Å². The molecule has 0 amide bonds. The third-order valence-corrected chi connectivity index (χ3v) is 3.37. The Bertz CT molecular complexity index is 616. The molecule has 0 radical (unpaired) electrons. The summed E-state index contributed by atoms with van der Waals surface area (Å²) in [6.45, 7) is 0. The summed E-state index contributed by atoms with van der Waals surface area (Å²) >= 11 is 6.14. The second-order valence-electron chi connectivity index (χ2n) is 4.28. The van der Waals surface area contributed by atoms with Crippen LogP contribution in [0.25, 0.3) is 0 Å². The Morgan fingerprint density at radius 1 is 1.10 bits per heavy atom. The quantitative estimate of drug-likeness (QED) is 0.748. The number of alkyl halides is 1. The van der Waals surface area contributed by atoms with Crippen molar-refractivity contribution in [1.29, 1.82) is 0 Å². The van der Waals surface area contributed by atoms with E-state index in [-0.39, 0.29) is 17.7 Å². The highest BCUT2D eigenvalue weighted by atomic mass is 35.5. The molecular formula is C15H12ClF3O. The molecule has 0 heterocycles. The summed E-state index contributed by atoms with van der Waals surface area (Å²) in [7, 11) is 1.36. The molecule has 0 aromatic heterocycles. The Morgan fingerprint density at radius 2 is 1.85 bits per heavy atom. The van der Waals surface area contributed by atoms with Gasteiger partial charge < -0.3 is 4.74 Å². The van der Waals surface area contributed by atoms with Crippen molar-refractivity contribution in [3.8, 4) is 5.75 Å². The maximum Gasteiger partial charge on any atom is 0.165 e. The lowest BCUT2D eigenvalue weighted by molar-refractivity contribution is 0.386. The molecule has 0 fully saturated rings. The molecule has 1 nitrogen and oxygen atoms in total. The summed E-state index contributed by atoms with van der Waals surface area (Å²) in [6, 6.07) is 8.17. The lowest BCUT2D eigenvalue weighted by Gasteiger charge is -2.12. The van der Waals surface area contributed by atoms with E-state index in [2.05, 4.69) is 0 Å². The highest BCUT2D eigenvalue weighted by Gasteiger charge is 2.16. The number of hydrogen-bond donors (Lipinski definition) is 0. The highest BCUT2D eigenvalue weighted by molar-refractivity contribution is 6.20. The molecule has 0 N–H and O–H groups in total. The highest BCUT2D eigenvalue weighted by Crippen LogP contribution is 2.29. The van der Waals surface area contributed by atoms with Crippen molar-refractivity contribution in [3.05, 3.63) is 65.0 Å². The van der Waals surface area contributed by atoms with Gasteiger partial charge in [0.15, 0.2) is 23.2 Å². The van der Waals surface area contributed by atoms with Crippen molar-refractivity contribution < 1.29 is 17.9 Å². The smallest absolute Gasteiger partial charge is 0.165 e. The van der Waals surface area contributed by atoms with Crippen LogP contribution < -0.4 is 4.74 Å². The zero-order chi connectivity index (χ0) is 14.7. The van der Waals surface area contributed by atoms with Gasteiger partial charge in [-0.15, -0.1) is 11.6 Å². The third-order valence-electron chi connectivity index (χ3n) is 2.97. The van der Waals surface area contributed by atoms with E-state index in [4.69, 9.17) is 16.3 Å². The van der Waals surface area contributed by atoms with Gasteiger partial charge in [0, 0.05) is 0 Å². The summed E-state index contributed by atoms with van der Waals surface area (Å²) in [5, 5.41) is -0.660. The first-order chi connectivity index (χ1) is 9.52. The zero-order valence-corrected chi connectivity index (χ0v) is 11.4. The minimum atomic E-state index is -0.924. The molecule has 0 spiro atoms. The first-order valence-electron chi connectivity index (χ1n) is 5.93. The fourth-order valence-corrected chi connectivity index (χ4v) is 2.20. The van der Waals surface area contributed by atoms with Crippen LogP contribution in [0.15, 0.2) is 36.4 Å². The molecular weight excluding hydrogens is 289 g/mol. The Labute approximate surface area is 119 Å². The maximum atomic E-state index is 13.6. The van der Waals surface area contributed by atoms with E-state index in [1.807, 2.05) is 0 Å². The van der Waals surface area contributed by atoms with Gasteiger partial charge >= 0.3 is 0 Å². The molecule has 1 atom stereocenters. The zero-order valence-electron chi connectivity index (χ0n) is 10.7. The van der Waals surface area contributed by atoms with Crippen LogP contribution in [-0.2, 0) is 6.42 Å². The number of ether oxygens (including phenoxy) is 1. The summed E-state index contributed by atoms with van der Waals surface area (Å²) in [6.07, 6.45) is 0.0664. The summed E-state index contributed by atoms with van der Waals surface area (Å²) in [4.78, 5) is 0. The Hall–Kier alpha value is -1.68. The third kappa shape index (κ3) is 3.07. The second kappa shape index (κ2) is 6.18. The van der Waals surface area contributed by atoms with Crippen LogP contribution in [0.3, 0.4) is 0 Å². The lowest BCUT2D eigenvalue weighted by Crippen LogP contribution is -2.01. The van der Waals surface area contributed by atoms with Gasteiger partial charge in [-0.1, -0.05) is 18.2 Å². The van der Waals surface area contributed by atoms with E-state index in [1.54, 1.807) is 6.07 Å². The van der Waals surface area contributed by atoms with Crippen LogP contribution in [0.1, 0.15) is 16.5 Å². The lowest BCUT2D eigenvalue weighted by atomic mass is 10.0. The van der Waals surface area contributed by atoms with Crippen LogP contribution >= 0.6 is 11.6 Å². The van der Waals surface area contributed by atoms with Crippen molar-refractivity contribution in [2.75, 3.05) is 7.11 Å². The number of rotatable bonds is 4. The minimum Gasteiger partial charge on any atom is -0.494 e. The molecule has 106 valence electrons. The summed E-state index contributed by atoms with van der Waals surface area (Å²) in [5.41, 5.74) is 0.634.